The zero-order valence-electron chi connectivity index (χ0n) is 19.3. The molecule has 0 radical (unpaired) electrons. The van der Waals surface area contributed by atoms with Crippen LogP contribution in [0.5, 0.6) is 0 Å². The molecule has 0 spiro atoms. The van der Waals surface area contributed by atoms with Gasteiger partial charge in [0.1, 0.15) is 12.6 Å². The number of fused-ring (bicyclic) bond motifs is 3. The van der Waals surface area contributed by atoms with Crippen molar-refractivity contribution in [2.24, 2.45) is 5.10 Å². The maximum Gasteiger partial charge on any atom is 0.408 e. The zero-order valence-corrected chi connectivity index (χ0v) is 19.3. The number of ether oxygens (including phenoxy) is 1. The summed E-state index contributed by atoms with van der Waals surface area (Å²) in [5.74, 6) is -0.481. The van der Waals surface area contributed by atoms with Gasteiger partial charge in [-0.15, -0.1) is 0 Å². The summed E-state index contributed by atoms with van der Waals surface area (Å²) in [5, 5.41) is 8.91. The van der Waals surface area contributed by atoms with Crippen LogP contribution in [0, 0.1) is 0 Å². The van der Waals surface area contributed by atoms with Gasteiger partial charge in [-0.2, -0.15) is 5.10 Å². The first-order chi connectivity index (χ1) is 17.7. The highest BCUT2D eigenvalue weighted by molar-refractivity contribution is 6.08. The number of imidazole rings is 1. The number of hydrogen-bond donors (Lipinski definition) is 4. The number of rotatable bonds is 8. The van der Waals surface area contributed by atoms with Crippen molar-refractivity contribution >= 4 is 40.0 Å². The normalized spacial score (nSPS) is 12.1. The summed E-state index contributed by atoms with van der Waals surface area (Å²) < 4.78 is 5.27. The molecule has 0 aliphatic rings. The molecule has 1 atom stereocenters. The SMILES string of the molecule is O=C(N[C@H](Cc1cnc[nH]1)C(=O)N/N=C\c1ccc2[nH]c3ccccc3c2c1)OCc1ccccc1. The number of hydrogen-bond acceptors (Lipinski definition) is 5. The average Bonchev–Trinajstić information content (AvgIpc) is 3.55. The van der Waals surface area contributed by atoms with Gasteiger partial charge in [0, 0.05) is 40.1 Å². The Morgan fingerprint density at radius 1 is 1.00 bits per heavy atom. The van der Waals surface area contributed by atoms with Crippen molar-refractivity contribution in [1.29, 1.82) is 0 Å². The fourth-order valence-electron chi connectivity index (χ4n) is 3.93. The van der Waals surface area contributed by atoms with E-state index in [1.54, 1.807) is 12.4 Å². The molecule has 0 unspecified atom stereocenters. The third-order valence-corrected chi connectivity index (χ3v) is 5.72. The molecule has 2 amide bonds. The van der Waals surface area contributed by atoms with E-state index in [4.69, 9.17) is 4.74 Å². The van der Waals surface area contributed by atoms with Gasteiger partial charge in [0.05, 0.1) is 12.5 Å². The second-order valence-electron chi connectivity index (χ2n) is 8.25. The molecule has 9 nitrogen and oxygen atoms in total. The van der Waals surface area contributed by atoms with Crippen LogP contribution in [0.3, 0.4) is 0 Å². The fourth-order valence-corrected chi connectivity index (χ4v) is 3.93. The van der Waals surface area contributed by atoms with Gasteiger partial charge in [0.15, 0.2) is 0 Å². The standard InChI is InChI=1S/C27H24N6O3/c34-26(33-30-14-19-10-11-24-22(12-19)21-8-4-5-9-23(21)31-24)25(13-20-15-28-17-29-20)32-27(35)36-16-18-6-2-1-3-7-18/h1-12,14-15,17,25,31H,13,16H2,(H,28,29)(H,32,35)(H,33,34)/b30-14-/t25-/m1/s1. The highest BCUT2D eigenvalue weighted by Crippen LogP contribution is 2.25. The zero-order chi connectivity index (χ0) is 24.7. The number of amides is 2. The molecule has 5 rings (SSSR count). The van der Waals surface area contributed by atoms with E-state index in [2.05, 4.69) is 36.9 Å². The largest absolute Gasteiger partial charge is 0.445 e. The molecule has 9 heteroatoms. The molecule has 0 fully saturated rings. The third-order valence-electron chi connectivity index (χ3n) is 5.72. The minimum Gasteiger partial charge on any atom is -0.445 e. The summed E-state index contributed by atoms with van der Waals surface area (Å²) in [6.07, 6.45) is 4.17. The van der Waals surface area contributed by atoms with Gasteiger partial charge in [-0.25, -0.2) is 15.2 Å². The number of carbonyl (C=O) groups excluding carboxylic acids is 2. The summed E-state index contributed by atoms with van der Waals surface area (Å²) in [7, 11) is 0. The number of nitrogens with one attached hydrogen (secondary N) is 4. The topological polar surface area (TPSA) is 124 Å². The monoisotopic (exact) mass is 480 g/mol. The van der Waals surface area contributed by atoms with Gasteiger partial charge in [0.2, 0.25) is 0 Å². The maximum absolute atomic E-state index is 12.9. The van der Waals surface area contributed by atoms with E-state index in [0.717, 1.165) is 32.9 Å². The number of H-pyrrole nitrogens is 2. The van der Waals surface area contributed by atoms with E-state index >= 15 is 0 Å². The summed E-state index contributed by atoms with van der Waals surface area (Å²) in [4.78, 5) is 35.6. The van der Waals surface area contributed by atoms with E-state index in [-0.39, 0.29) is 13.0 Å². The van der Waals surface area contributed by atoms with E-state index in [0.29, 0.717) is 5.69 Å². The molecule has 4 N–H and O–H groups in total. The van der Waals surface area contributed by atoms with Gasteiger partial charge in [-0.1, -0.05) is 54.6 Å². The Morgan fingerprint density at radius 2 is 1.81 bits per heavy atom. The Balaban J connectivity index is 1.24. The molecule has 36 heavy (non-hydrogen) atoms. The number of alkyl carbamates (subject to hydrolysis) is 1. The third kappa shape index (κ3) is 5.41. The number of aromatic nitrogens is 3. The van der Waals surface area contributed by atoms with Crippen molar-refractivity contribution in [3.05, 3.63) is 102 Å². The molecule has 0 bridgehead atoms. The number of carbonyl (C=O) groups is 2. The fraction of sp³-hybridized carbons (Fsp3) is 0.111. The molecular formula is C27H24N6O3. The van der Waals surface area contributed by atoms with Crippen molar-refractivity contribution in [3.8, 4) is 0 Å². The number of para-hydroxylation sites is 1. The summed E-state index contributed by atoms with van der Waals surface area (Å²) >= 11 is 0. The quantitative estimate of drug-likeness (QED) is 0.198. The number of nitrogens with zero attached hydrogens (tertiary/aromatic N) is 2. The number of hydrazone groups is 1. The van der Waals surface area contributed by atoms with Gasteiger partial charge < -0.3 is 20.0 Å². The van der Waals surface area contributed by atoms with Crippen molar-refractivity contribution in [2.75, 3.05) is 0 Å². The smallest absolute Gasteiger partial charge is 0.408 e. The Labute approximate surface area is 206 Å². The predicted molar refractivity (Wildman–Crippen MR) is 137 cm³/mol. The van der Waals surface area contributed by atoms with Gasteiger partial charge in [0.25, 0.3) is 5.91 Å². The first-order valence-electron chi connectivity index (χ1n) is 11.4. The van der Waals surface area contributed by atoms with Gasteiger partial charge in [-0.3, -0.25) is 4.79 Å². The van der Waals surface area contributed by atoms with Crippen LogP contribution in [0.4, 0.5) is 4.79 Å². The lowest BCUT2D eigenvalue weighted by molar-refractivity contribution is -0.123. The van der Waals surface area contributed by atoms with Crippen molar-refractivity contribution < 1.29 is 14.3 Å². The summed E-state index contributed by atoms with van der Waals surface area (Å²) in [6.45, 7) is 0.0968. The molecule has 0 aliphatic heterocycles. The van der Waals surface area contributed by atoms with Crippen LogP contribution in [0.15, 0.2) is 90.4 Å². The van der Waals surface area contributed by atoms with E-state index < -0.39 is 18.0 Å². The maximum atomic E-state index is 12.9. The van der Waals surface area contributed by atoms with Crippen molar-refractivity contribution in [2.45, 2.75) is 19.1 Å². The lowest BCUT2D eigenvalue weighted by Crippen LogP contribution is -2.47. The Bertz CT molecular complexity index is 1510. The van der Waals surface area contributed by atoms with Crippen LogP contribution < -0.4 is 10.7 Å². The van der Waals surface area contributed by atoms with E-state index in [9.17, 15) is 9.59 Å². The second kappa shape index (κ2) is 10.6. The molecule has 5 aromatic rings. The summed E-state index contributed by atoms with van der Waals surface area (Å²) in [6, 6.07) is 22.3. The van der Waals surface area contributed by atoms with Crippen molar-refractivity contribution in [1.82, 2.24) is 25.7 Å². The van der Waals surface area contributed by atoms with Crippen LogP contribution in [-0.4, -0.2) is 39.2 Å². The highest BCUT2D eigenvalue weighted by atomic mass is 16.5. The average molecular weight is 481 g/mol. The highest BCUT2D eigenvalue weighted by Gasteiger charge is 2.22. The first kappa shape index (κ1) is 22.9. The van der Waals surface area contributed by atoms with Gasteiger partial charge >= 0.3 is 6.09 Å². The molecule has 0 saturated heterocycles. The molecule has 3 aromatic carbocycles. The molecule has 0 aliphatic carbocycles. The number of aromatic amines is 2. The van der Waals surface area contributed by atoms with Crippen LogP contribution in [0.2, 0.25) is 0 Å². The minimum atomic E-state index is -0.915. The predicted octanol–water partition coefficient (Wildman–Crippen LogP) is 4.03. The van der Waals surface area contributed by atoms with E-state index in [1.807, 2.05) is 66.7 Å². The number of benzene rings is 3. The first-order valence-corrected chi connectivity index (χ1v) is 11.4. The van der Waals surface area contributed by atoms with Crippen molar-refractivity contribution in [3.63, 3.8) is 0 Å². The Morgan fingerprint density at radius 3 is 2.64 bits per heavy atom. The van der Waals surface area contributed by atoms with Crippen LogP contribution in [0.1, 0.15) is 16.8 Å². The minimum absolute atomic E-state index is 0.0968. The lowest BCUT2D eigenvalue weighted by atomic mass is 10.1. The van der Waals surface area contributed by atoms with E-state index in [1.165, 1.54) is 6.33 Å². The van der Waals surface area contributed by atoms with Gasteiger partial charge in [-0.05, 0) is 29.3 Å². The molecule has 2 aromatic heterocycles. The summed E-state index contributed by atoms with van der Waals surface area (Å²) in [5.41, 5.74) is 6.96. The Kier molecular flexibility index (Phi) is 6.70. The molecule has 180 valence electrons. The lowest BCUT2D eigenvalue weighted by Gasteiger charge is -2.16. The molecule has 2 heterocycles. The Hall–Kier alpha value is -4.92. The van der Waals surface area contributed by atoms with Crippen LogP contribution >= 0.6 is 0 Å². The van der Waals surface area contributed by atoms with Crippen LogP contribution in [0.25, 0.3) is 21.8 Å². The molecular weight excluding hydrogens is 456 g/mol. The van der Waals surface area contributed by atoms with Crippen LogP contribution in [-0.2, 0) is 22.6 Å². The molecule has 0 saturated carbocycles. The second-order valence-corrected chi connectivity index (χ2v) is 8.25.